The van der Waals surface area contributed by atoms with E-state index in [9.17, 15) is 20.0 Å². The first-order valence-corrected chi connectivity index (χ1v) is 6.62. The molecule has 1 saturated heterocycles. The average Bonchev–Trinajstić information content (AvgIpc) is 2.78. The van der Waals surface area contributed by atoms with Gasteiger partial charge in [0.1, 0.15) is 0 Å². The first-order valence-electron chi connectivity index (χ1n) is 6.62. The van der Waals surface area contributed by atoms with Gasteiger partial charge in [-0.1, -0.05) is 6.92 Å². The number of benzene rings is 1. The van der Waals surface area contributed by atoms with Crippen LogP contribution in [0.5, 0.6) is 0 Å². The Kier molecular flexibility index (Phi) is 4.04. The second-order valence-electron chi connectivity index (χ2n) is 5.27. The molecule has 1 aromatic rings. The van der Waals surface area contributed by atoms with Crippen molar-refractivity contribution in [3.8, 4) is 0 Å². The summed E-state index contributed by atoms with van der Waals surface area (Å²) in [5.41, 5.74) is 1.02. The van der Waals surface area contributed by atoms with E-state index in [1.807, 2.05) is 6.92 Å². The number of nitrogens with zero attached hydrogens (tertiary/aromatic N) is 2. The van der Waals surface area contributed by atoms with E-state index in [2.05, 4.69) is 0 Å². The zero-order valence-electron chi connectivity index (χ0n) is 11.6. The molecule has 0 aromatic heterocycles. The highest BCUT2D eigenvalue weighted by Crippen LogP contribution is 2.27. The number of aliphatic hydroxyl groups is 1. The van der Waals surface area contributed by atoms with E-state index in [0.29, 0.717) is 17.7 Å². The van der Waals surface area contributed by atoms with Gasteiger partial charge in [0.05, 0.1) is 17.6 Å². The molecule has 0 spiro atoms. The van der Waals surface area contributed by atoms with Crippen LogP contribution in [0.25, 0.3) is 0 Å². The number of non-ortho nitro benzene ring substituents is 1. The molecular weight excluding hydrogens is 260 g/mol. The predicted octanol–water partition coefficient (Wildman–Crippen LogP) is 1.75. The Morgan fingerprint density at radius 1 is 1.55 bits per heavy atom. The van der Waals surface area contributed by atoms with Gasteiger partial charge in [-0.2, -0.15) is 0 Å². The Hall–Kier alpha value is -1.95. The number of carbonyl (C=O) groups is 1. The van der Waals surface area contributed by atoms with Crippen molar-refractivity contribution < 1.29 is 14.8 Å². The SMILES string of the molecule is Cc1cc([N+](=O)[O-])ccc1C(=O)N1CCC(C)C1CO. The largest absolute Gasteiger partial charge is 0.394 e. The standard InChI is InChI=1S/C14H18N2O4/c1-9-5-6-15(13(9)8-17)14(18)12-4-3-11(16(19)20)7-10(12)2/h3-4,7,9,13,17H,5-6,8H2,1-2H3. The number of amides is 1. The second kappa shape index (κ2) is 5.58. The Labute approximate surface area is 117 Å². The molecule has 0 bridgehead atoms. The lowest BCUT2D eigenvalue weighted by atomic mass is 10.0. The maximum atomic E-state index is 12.5. The van der Waals surface area contributed by atoms with Crippen molar-refractivity contribution in [2.75, 3.05) is 13.2 Å². The molecule has 0 saturated carbocycles. The summed E-state index contributed by atoms with van der Waals surface area (Å²) in [5, 5.41) is 20.1. The average molecular weight is 278 g/mol. The summed E-state index contributed by atoms with van der Waals surface area (Å²) in [4.78, 5) is 24.4. The summed E-state index contributed by atoms with van der Waals surface area (Å²) >= 11 is 0. The topological polar surface area (TPSA) is 83.7 Å². The lowest BCUT2D eigenvalue weighted by Gasteiger charge is -2.25. The van der Waals surface area contributed by atoms with E-state index < -0.39 is 4.92 Å². The van der Waals surface area contributed by atoms with Gasteiger partial charge in [0.15, 0.2) is 0 Å². The molecule has 2 rings (SSSR count). The van der Waals surface area contributed by atoms with Gasteiger partial charge in [0.2, 0.25) is 0 Å². The van der Waals surface area contributed by atoms with Crippen LogP contribution in [0.1, 0.15) is 29.3 Å². The van der Waals surface area contributed by atoms with Crippen LogP contribution in [0, 0.1) is 23.0 Å². The number of rotatable bonds is 3. The molecule has 6 heteroatoms. The van der Waals surface area contributed by atoms with Gasteiger partial charge in [-0.05, 0) is 30.9 Å². The summed E-state index contributed by atoms with van der Waals surface area (Å²) in [7, 11) is 0. The van der Waals surface area contributed by atoms with E-state index >= 15 is 0 Å². The molecular formula is C14H18N2O4. The molecule has 20 heavy (non-hydrogen) atoms. The van der Waals surface area contributed by atoms with Gasteiger partial charge in [-0.3, -0.25) is 14.9 Å². The first-order chi connectivity index (χ1) is 9.45. The molecule has 0 aliphatic carbocycles. The van der Waals surface area contributed by atoms with Gasteiger partial charge >= 0.3 is 0 Å². The highest BCUT2D eigenvalue weighted by atomic mass is 16.6. The Balaban J connectivity index is 2.28. The third-order valence-corrected chi connectivity index (χ3v) is 3.98. The van der Waals surface area contributed by atoms with Crippen LogP contribution in [-0.4, -0.2) is 40.0 Å². The highest BCUT2D eigenvalue weighted by Gasteiger charge is 2.34. The van der Waals surface area contributed by atoms with Gasteiger partial charge in [-0.25, -0.2) is 0 Å². The van der Waals surface area contributed by atoms with Gasteiger partial charge < -0.3 is 10.0 Å². The number of carbonyl (C=O) groups excluding carboxylic acids is 1. The summed E-state index contributed by atoms with van der Waals surface area (Å²) in [6.45, 7) is 4.26. The minimum absolute atomic E-state index is 0.0208. The van der Waals surface area contributed by atoms with E-state index in [-0.39, 0.29) is 30.2 Å². The zero-order valence-corrected chi connectivity index (χ0v) is 11.6. The number of aryl methyl sites for hydroxylation is 1. The van der Waals surface area contributed by atoms with Crippen LogP contribution in [0.2, 0.25) is 0 Å². The van der Waals surface area contributed by atoms with Crippen molar-refractivity contribution in [2.45, 2.75) is 26.3 Å². The van der Waals surface area contributed by atoms with Crippen molar-refractivity contribution in [3.63, 3.8) is 0 Å². The third-order valence-electron chi connectivity index (χ3n) is 3.98. The molecule has 0 radical (unpaired) electrons. The number of hydrogen-bond acceptors (Lipinski definition) is 4. The van der Waals surface area contributed by atoms with Crippen molar-refractivity contribution >= 4 is 11.6 Å². The van der Waals surface area contributed by atoms with Crippen molar-refractivity contribution in [1.82, 2.24) is 4.90 Å². The van der Waals surface area contributed by atoms with Gasteiger partial charge in [-0.15, -0.1) is 0 Å². The van der Waals surface area contributed by atoms with Crippen LogP contribution < -0.4 is 0 Å². The number of hydrogen-bond donors (Lipinski definition) is 1. The van der Waals surface area contributed by atoms with Crippen molar-refractivity contribution in [1.29, 1.82) is 0 Å². The van der Waals surface area contributed by atoms with Crippen molar-refractivity contribution in [3.05, 3.63) is 39.4 Å². The predicted molar refractivity (Wildman–Crippen MR) is 73.5 cm³/mol. The van der Waals surface area contributed by atoms with E-state index in [1.54, 1.807) is 11.8 Å². The molecule has 1 aliphatic rings. The maximum absolute atomic E-state index is 12.5. The Morgan fingerprint density at radius 3 is 2.80 bits per heavy atom. The molecule has 2 atom stereocenters. The smallest absolute Gasteiger partial charge is 0.269 e. The molecule has 1 N–H and O–H groups in total. The third kappa shape index (κ3) is 2.51. The maximum Gasteiger partial charge on any atom is 0.269 e. The Bertz CT molecular complexity index is 544. The van der Waals surface area contributed by atoms with Crippen LogP contribution in [0.15, 0.2) is 18.2 Å². The summed E-state index contributed by atoms with van der Waals surface area (Å²) in [6.07, 6.45) is 0.864. The van der Waals surface area contributed by atoms with E-state index in [1.165, 1.54) is 18.2 Å². The number of nitro groups is 1. The van der Waals surface area contributed by atoms with Crippen LogP contribution >= 0.6 is 0 Å². The first kappa shape index (κ1) is 14.5. The quantitative estimate of drug-likeness (QED) is 0.674. The number of aliphatic hydroxyl groups excluding tert-OH is 1. The molecule has 1 heterocycles. The molecule has 1 aliphatic heterocycles. The van der Waals surface area contributed by atoms with Crippen LogP contribution in [0.3, 0.4) is 0 Å². The fourth-order valence-electron chi connectivity index (χ4n) is 2.69. The van der Waals surface area contributed by atoms with Gasteiger partial charge in [0.25, 0.3) is 11.6 Å². The fourth-order valence-corrected chi connectivity index (χ4v) is 2.69. The molecule has 2 unspecified atom stereocenters. The minimum Gasteiger partial charge on any atom is -0.394 e. The number of nitro benzene ring substituents is 1. The summed E-state index contributed by atoms with van der Waals surface area (Å²) in [5.74, 6) is 0.100. The molecule has 1 aromatic carbocycles. The summed E-state index contributed by atoms with van der Waals surface area (Å²) < 4.78 is 0. The molecule has 108 valence electrons. The van der Waals surface area contributed by atoms with Crippen LogP contribution in [-0.2, 0) is 0 Å². The van der Waals surface area contributed by atoms with Crippen molar-refractivity contribution in [2.24, 2.45) is 5.92 Å². The normalized spacial score (nSPS) is 22.1. The van der Waals surface area contributed by atoms with E-state index in [4.69, 9.17) is 0 Å². The van der Waals surface area contributed by atoms with Gasteiger partial charge in [0, 0.05) is 24.2 Å². The Morgan fingerprint density at radius 2 is 2.25 bits per heavy atom. The zero-order chi connectivity index (χ0) is 14.9. The molecule has 6 nitrogen and oxygen atoms in total. The second-order valence-corrected chi connectivity index (χ2v) is 5.27. The lowest BCUT2D eigenvalue weighted by Crippen LogP contribution is -2.40. The minimum atomic E-state index is -0.476. The highest BCUT2D eigenvalue weighted by molar-refractivity contribution is 5.96. The number of likely N-dealkylation sites (tertiary alicyclic amines) is 1. The molecule has 1 amide bonds. The molecule has 1 fully saturated rings. The van der Waals surface area contributed by atoms with E-state index in [0.717, 1.165) is 6.42 Å². The monoisotopic (exact) mass is 278 g/mol. The fraction of sp³-hybridized carbons (Fsp3) is 0.500. The van der Waals surface area contributed by atoms with Crippen LogP contribution in [0.4, 0.5) is 5.69 Å². The lowest BCUT2D eigenvalue weighted by molar-refractivity contribution is -0.384. The summed E-state index contributed by atoms with van der Waals surface area (Å²) in [6, 6.07) is 4.07.